The van der Waals surface area contributed by atoms with Gasteiger partial charge in [-0.05, 0) is 30.4 Å². The molecule has 1 aromatic rings. The minimum atomic E-state index is -1.39. The van der Waals surface area contributed by atoms with Crippen LogP contribution in [0.15, 0.2) is 18.5 Å². The van der Waals surface area contributed by atoms with E-state index in [1.165, 1.54) is 12.8 Å². The van der Waals surface area contributed by atoms with Gasteiger partial charge in [-0.25, -0.2) is 0 Å². The molecule has 0 saturated heterocycles. The molecule has 2 rings (SSSR count). The lowest BCUT2D eigenvalue weighted by Crippen LogP contribution is -2.34. The third-order valence-corrected chi connectivity index (χ3v) is 2.96. The zero-order chi connectivity index (χ0) is 9.97. The lowest BCUT2D eigenvalue weighted by atomic mass is 9.75. The first-order chi connectivity index (χ1) is 6.79. The molecular formula is C10H14BNO2. The van der Waals surface area contributed by atoms with Gasteiger partial charge in [0.25, 0.3) is 0 Å². The fourth-order valence-electron chi connectivity index (χ4n) is 2.24. The SMILES string of the molecule is OB(O)c1cnccc1C1CCCC1. The Kier molecular flexibility index (Phi) is 2.84. The van der Waals surface area contributed by atoms with E-state index in [0.29, 0.717) is 11.4 Å². The molecule has 1 heterocycles. The second-order valence-electron chi connectivity index (χ2n) is 3.86. The molecule has 74 valence electrons. The fourth-order valence-corrected chi connectivity index (χ4v) is 2.24. The van der Waals surface area contributed by atoms with Crippen molar-refractivity contribution in [1.29, 1.82) is 0 Å². The Hall–Kier alpha value is -0.865. The number of aromatic nitrogens is 1. The number of nitrogens with zero attached hydrogens (tertiary/aromatic N) is 1. The highest BCUT2D eigenvalue weighted by Gasteiger charge is 2.24. The monoisotopic (exact) mass is 191 g/mol. The predicted molar refractivity (Wildman–Crippen MR) is 55.3 cm³/mol. The van der Waals surface area contributed by atoms with Crippen molar-refractivity contribution in [1.82, 2.24) is 4.98 Å². The van der Waals surface area contributed by atoms with Crippen LogP contribution in [0.1, 0.15) is 37.2 Å². The van der Waals surface area contributed by atoms with Crippen molar-refractivity contribution in [3.63, 3.8) is 0 Å². The summed E-state index contributed by atoms with van der Waals surface area (Å²) in [6, 6.07) is 1.91. The molecule has 0 unspecified atom stereocenters. The highest BCUT2D eigenvalue weighted by molar-refractivity contribution is 6.59. The summed E-state index contributed by atoms with van der Waals surface area (Å²) in [6.45, 7) is 0. The molecule has 0 aromatic carbocycles. The molecule has 1 aromatic heterocycles. The quantitative estimate of drug-likeness (QED) is 0.666. The van der Waals surface area contributed by atoms with Crippen molar-refractivity contribution in [3.8, 4) is 0 Å². The lowest BCUT2D eigenvalue weighted by Gasteiger charge is -2.13. The summed E-state index contributed by atoms with van der Waals surface area (Å²) < 4.78 is 0. The molecule has 0 spiro atoms. The number of hydrogen-bond donors (Lipinski definition) is 2. The smallest absolute Gasteiger partial charge is 0.423 e. The minimum absolute atomic E-state index is 0.495. The minimum Gasteiger partial charge on any atom is -0.423 e. The summed E-state index contributed by atoms with van der Waals surface area (Å²) in [6.07, 6.45) is 8.08. The van der Waals surface area contributed by atoms with Crippen LogP contribution in [0, 0.1) is 0 Å². The maximum atomic E-state index is 9.18. The number of pyridine rings is 1. The van der Waals surface area contributed by atoms with Gasteiger partial charge >= 0.3 is 7.12 Å². The second-order valence-corrected chi connectivity index (χ2v) is 3.86. The molecule has 0 aliphatic heterocycles. The third kappa shape index (κ3) is 1.81. The van der Waals surface area contributed by atoms with Crippen molar-refractivity contribution < 1.29 is 10.0 Å². The standard InChI is InChI=1S/C10H14BNO2/c13-11(14)10-7-12-6-5-9(10)8-3-1-2-4-8/h5-8,13-14H,1-4H2. The molecule has 3 nitrogen and oxygen atoms in total. The molecule has 14 heavy (non-hydrogen) atoms. The van der Waals surface area contributed by atoms with E-state index < -0.39 is 7.12 Å². The van der Waals surface area contributed by atoms with Gasteiger partial charge in [-0.1, -0.05) is 12.8 Å². The van der Waals surface area contributed by atoms with Crippen molar-refractivity contribution in [3.05, 3.63) is 24.0 Å². The maximum absolute atomic E-state index is 9.18. The zero-order valence-electron chi connectivity index (χ0n) is 8.06. The highest BCUT2D eigenvalue weighted by Crippen LogP contribution is 2.32. The summed E-state index contributed by atoms with van der Waals surface area (Å²) in [5.74, 6) is 0.495. The Morgan fingerprint density at radius 3 is 2.64 bits per heavy atom. The van der Waals surface area contributed by atoms with E-state index >= 15 is 0 Å². The van der Waals surface area contributed by atoms with E-state index in [1.807, 2.05) is 6.07 Å². The number of hydrogen-bond acceptors (Lipinski definition) is 3. The van der Waals surface area contributed by atoms with Gasteiger partial charge in [0.15, 0.2) is 0 Å². The molecule has 1 aliphatic rings. The molecular weight excluding hydrogens is 177 g/mol. The topological polar surface area (TPSA) is 53.4 Å². The van der Waals surface area contributed by atoms with Gasteiger partial charge in [-0.15, -0.1) is 0 Å². The normalized spacial score (nSPS) is 17.3. The van der Waals surface area contributed by atoms with E-state index in [9.17, 15) is 10.0 Å². The van der Waals surface area contributed by atoms with Crippen molar-refractivity contribution in [2.24, 2.45) is 0 Å². The first-order valence-corrected chi connectivity index (χ1v) is 5.09. The van der Waals surface area contributed by atoms with Crippen molar-refractivity contribution >= 4 is 12.6 Å². The van der Waals surface area contributed by atoms with Crippen molar-refractivity contribution in [2.75, 3.05) is 0 Å². The summed E-state index contributed by atoms with van der Waals surface area (Å²) in [5.41, 5.74) is 1.63. The molecule has 1 aliphatic carbocycles. The van der Waals surface area contributed by atoms with Gasteiger partial charge in [-0.3, -0.25) is 4.98 Å². The maximum Gasteiger partial charge on any atom is 0.490 e. The average molecular weight is 191 g/mol. The van der Waals surface area contributed by atoms with E-state index in [-0.39, 0.29) is 0 Å². The largest absolute Gasteiger partial charge is 0.490 e. The van der Waals surface area contributed by atoms with Gasteiger partial charge in [0.05, 0.1) is 0 Å². The first kappa shape index (κ1) is 9.68. The molecule has 2 N–H and O–H groups in total. The van der Waals surface area contributed by atoms with Crippen LogP contribution in [0.2, 0.25) is 0 Å². The fraction of sp³-hybridized carbons (Fsp3) is 0.500. The van der Waals surface area contributed by atoms with Crippen LogP contribution in [0.25, 0.3) is 0 Å². The van der Waals surface area contributed by atoms with Crippen LogP contribution in [0.4, 0.5) is 0 Å². The van der Waals surface area contributed by atoms with E-state index in [1.54, 1.807) is 12.4 Å². The Labute approximate surface area is 84.0 Å². The van der Waals surface area contributed by atoms with E-state index in [0.717, 1.165) is 18.4 Å². The van der Waals surface area contributed by atoms with Crippen LogP contribution < -0.4 is 5.46 Å². The van der Waals surface area contributed by atoms with E-state index in [4.69, 9.17) is 0 Å². The van der Waals surface area contributed by atoms with Gasteiger partial charge in [-0.2, -0.15) is 0 Å². The molecule has 0 bridgehead atoms. The average Bonchev–Trinajstić information content (AvgIpc) is 2.70. The van der Waals surface area contributed by atoms with Crippen molar-refractivity contribution in [2.45, 2.75) is 31.6 Å². The Morgan fingerprint density at radius 2 is 2.00 bits per heavy atom. The zero-order valence-corrected chi connectivity index (χ0v) is 8.06. The Bertz CT molecular complexity index is 311. The molecule has 4 heteroatoms. The van der Waals surface area contributed by atoms with Crippen LogP contribution in [0.5, 0.6) is 0 Å². The molecule has 0 amide bonds. The van der Waals surface area contributed by atoms with Crippen LogP contribution in [-0.2, 0) is 0 Å². The molecule has 1 fully saturated rings. The molecule has 0 radical (unpaired) electrons. The second kappa shape index (κ2) is 4.11. The van der Waals surface area contributed by atoms with E-state index in [2.05, 4.69) is 4.98 Å². The summed E-state index contributed by atoms with van der Waals surface area (Å²) >= 11 is 0. The molecule has 0 atom stereocenters. The van der Waals surface area contributed by atoms with Gasteiger partial charge in [0.2, 0.25) is 0 Å². The molecule has 1 saturated carbocycles. The summed E-state index contributed by atoms with van der Waals surface area (Å²) in [7, 11) is -1.39. The Morgan fingerprint density at radius 1 is 1.29 bits per heavy atom. The van der Waals surface area contributed by atoms with Gasteiger partial charge < -0.3 is 10.0 Å². The summed E-state index contributed by atoms with van der Waals surface area (Å²) in [5, 5.41) is 18.4. The predicted octanol–water partition coefficient (Wildman–Crippen LogP) is 0.419. The van der Waals surface area contributed by atoms with Crippen LogP contribution in [-0.4, -0.2) is 22.2 Å². The van der Waals surface area contributed by atoms with Gasteiger partial charge in [0, 0.05) is 17.9 Å². The van der Waals surface area contributed by atoms with Gasteiger partial charge in [0.1, 0.15) is 0 Å². The van der Waals surface area contributed by atoms with Crippen LogP contribution in [0.3, 0.4) is 0 Å². The van der Waals surface area contributed by atoms with Crippen LogP contribution >= 0.6 is 0 Å². The highest BCUT2D eigenvalue weighted by atomic mass is 16.4. The number of rotatable bonds is 2. The summed E-state index contributed by atoms with van der Waals surface area (Å²) in [4.78, 5) is 3.92. The Balaban J connectivity index is 2.30. The first-order valence-electron chi connectivity index (χ1n) is 5.09. The lowest BCUT2D eigenvalue weighted by molar-refractivity contribution is 0.424. The third-order valence-electron chi connectivity index (χ3n) is 2.96.